The van der Waals surface area contributed by atoms with Gasteiger partial charge < -0.3 is 15.2 Å². The molecule has 0 spiro atoms. The van der Waals surface area contributed by atoms with Crippen molar-refractivity contribution >= 4 is 0 Å². The predicted molar refractivity (Wildman–Crippen MR) is 83.6 cm³/mol. The maximum Gasteiger partial charge on any atom is 0.154 e. The normalized spacial score (nSPS) is 23.9. The van der Waals surface area contributed by atoms with Crippen molar-refractivity contribution < 1.29 is 9.84 Å². The molecular formula is C18H21NO2. The van der Waals surface area contributed by atoms with Crippen molar-refractivity contribution in [1.82, 2.24) is 5.32 Å². The van der Waals surface area contributed by atoms with Crippen LogP contribution in [0.4, 0.5) is 0 Å². The van der Waals surface area contributed by atoms with Crippen molar-refractivity contribution in [3.05, 3.63) is 65.2 Å². The highest BCUT2D eigenvalue weighted by Crippen LogP contribution is 2.42. The van der Waals surface area contributed by atoms with Gasteiger partial charge in [0, 0.05) is 13.0 Å². The van der Waals surface area contributed by atoms with Gasteiger partial charge >= 0.3 is 0 Å². The number of benzene rings is 2. The number of likely N-dealkylation sites (N-methyl/N-ethyl adjacent to an activating group) is 1. The van der Waals surface area contributed by atoms with Crippen LogP contribution in [-0.2, 0) is 6.42 Å². The molecule has 0 saturated heterocycles. The van der Waals surface area contributed by atoms with Crippen LogP contribution >= 0.6 is 0 Å². The summed E-state index contributed by atoms with van der Waals surface area (Å²) >= 11 is 0. The molecule has 110 valence electrons. The largest absolute Gasteiger partial charge is 0.482 e. The van der Waals surface area contributed by atoms with Crippen LogP contribution in [0.5, 0.6) is 5.75 Å². The van der Waals surface area contributed by atoms with E-state index in [2.05, 4.69) is 11.4 Å². The van der Waals surface area contributed by atoms with Gasteiger partial charge in [-0.05, 0) is 36.7 Å². The molecule has 0 fully saturated rings. The van der Waals surface area contributed by atoms with Gasteiger partial charge in [-0.2, -0.15) is 0 Å². The summed E-state index contributed by atoms with van der Waals surface area (Å²) in [5, 5.41) is 14.1. The number of rotatable bonds is 4. The standard InChI is InChI=1S/C18H21NO2/c1-13-7-3-6-10-16(13)21-17-15-9-5-4-8-14(15)11-18(17,20)12-19-2/h3-10,17,19-20H,11-12H2,1-2H3/t17-,18-/m1/s1. The molecule has 21 heavy (non-hydrogen) atoms. The molecule has 0 saturated carbocycles. The fraction of sp³-hybridized carbons (Fsp3) is 0.333. The third kappa shape index (κ3) is 2.55. The molecule has 0 unspecified atom stereocenters. The van der Waals surface area contributed by atoms with E-state index < -0.39 is 5.60 Å². The van der Waals surface area contributed by atoms with E-state index in [1.165, 1.54) is 0 Å². The Labute approximate surface area is 125 Å². The first kappa shape index (κ1) is 14.1. The Balaban J connectivity index is 1.98. The van der Waals surface area contributed by atoms with E-state index in [-0.39, 0.29) is 6.10 Å². The number of para-hydroxylation sites is 1. The monoisotopic (exact) mass is 283 g/mol. The zero-order valence-electron chi connectivity index (χ0n) is 12.5. The zero-order valence-corrected chi connectivity index (χ0v) is 12.5. The summed E-state index contributed by atoms with van der Waals surface area (Å²) in [6.45, 7) is 2.52. The Bertz CT molecular complexity index is 641. The quantitative estimate of drug-likeness (QED) is 0.906. The van der Waals surface area contributed by atoms with Gasteiger partial charge in [0.2, 0.25) is 0 Å². The first-order valence-corrected chi connectivity index (χ1v) is 7.31. The summed E-state index contributed by atoms with van der Waals surface area (Å²) in [7, 11) is 1.85. The average Bonchev–Trinajstić information content (AvgIpc) is 2.74. The van der Waals surface area contributed by atoms with Crippen molar-refractivity contribution in [3.63, 3.8) is 0 Å². The molecule has 0 aromatic heterocycles. The summed E-state index contributed by atoms with van der Waals surface area (Å²) in [6, 6.07) is 16.0. The first-order valence-electron chi connectivity index (χ1n) is 7.31. The molecular weight excluding hydrogens is 262 g/mol. The maximum atomic E-state index is 11.0. The van der Waals surface area contributed by atoms with Crippen molar-refractivity contribution in [2.75, 3.05) is 13.6 Å². The first-order chi connectivity index (χ1) is 10.1. The van der Waals surface area contributed by atoms with Gasteiger partial charge in [-0.3, -0.25) is 0 Å². The summed E-state index contributed by atoms with van der Waals surface area (Å²) in [5.41, 5.74) is 2.40. The highest BCUT2D eigenvalue weighted by atomic mass is 16.5. The molecule has 2 atom stereocenters. The minimum atomic E-state index is -0.916. The fourth-order valence-corrected chi connectivity index (χ4v) is 3.11. The number of hydrogen-bond acceptors (Lipinski definition) is 3. The van der Waals surface area contributed by atoms with Crippen molar-refractivity contribution in [2.24, 2.45) is 0 Å². The number of nitrogens with one attached hydrogen (secondary N) is 1. The number of aliphatic hydroxyl groups is 1. The molecule has 0 bridgehead atoms. The minimum Gasteiger partial charge on any atom is -0.482 e. The lowest BCUT2D eigenvalue weighted by molar-refractivity contribution is -0.0486. The molecule has 3 rings (SSSR count). The highest BCUT2D eigenvalue weighted by molar-refractivity contribution is 5.41. The second-order valence-corrected chi connectivity index (χ2v) is 5.77. The van der Waals surface area contributed by atoms with Crippen LogP contribution in [0.2, 0.25) is 0 Å². The Hall–Kier alpha value is -1.84. The van der Waals surface area contributed by atoms with E-state index >= 15 is 0 Å². The molecule has 0 amide bonds. The fourth-order valence-electron chi connectivity index (χ4n) is 3.11. The van der Waals surface area contributed by atoms with E-state index in [0.29, 0.717) is 13.0 Å². The number of ether oxygens (including phenoxy) is 1. The SMILES string of the molecule is CNC[C@]1(O)Cc2ccccc2[C@H]1Oc1ccccc1C. The van der Waals surface area contributed by atoms with Crippen LogP contribution in [0.3, 0.4) is 0 Å². The van der Waals surface area contributed by atoms with Gasteiger partial charge in [0.25, 0.3) is 0 Å². The summed E-state index contributed by atoms with van der Waals surface area (Å²) in [4.78, 5) is 0. The third-order valence-corrected chi connectivity index (χ3v) is 4.14. The van der Waals surface area contributed by atoms with E-state index in [0.717, 1.165) is 22.4 Å². The van der Waals surface area contributed by atoms with Crippen molar-refractivity contribution in [1.29, 1.82) is 0 Å². The Kier molecular flexibility index (Phi) is 3.70. The highest BCUT2D eigenvalue weighted by Gasteiger charge is 2.46. The third-order valence-electron chi connectivity index (χ3n) is 4.14. The summed E-state index contributed by atoms with van der Waals surface area (Å²) in [6.07, 6.45) is 0.267. The van der Waals surface area contributed by atoms with E-state index in [4.69, 9.17) is 4.74 Å². The molecule has 0 aliphatic heterocycles. The van der Waals surface area contributed by atoms with Gasteiger partial charge in [0.1, 0.15) is 11.4 Å². The zero-order chi connectivity index (χ0) is 14.9. The van der Waals surface area contributed by atoms with E-state index in [9.17, 15) is 5.11 Å². The molecule has 2 aromatic rings. The molecule has 3 heteroatoms. The Morgan fingerprint density at radius 1 is 1.19 bits per heavy atom. The van der Waals surface area contributed by atoms with Crippen LogP contribution in [0.1, 0.15) is 22.8 Å². The van der Waals surface area contributed by atoms with E-state index in [1.807, 2.05) is 56.4 Å². The van der Waals surface area contributed by atoms with Gasteiger partial charge in [-0.25, -0.2) is 0 Å². The molecule has 1 aliphatic rings. The van der Waals surface area contributed by atoms with Gasteiger partial charge in [0.15, 0.2) is 6.10 Å². The second-order valence-electron chi connectivity index (χ2n) is 5.77. The number of fused-ring (bicyclic) bond motifs is 1. The van der Waals surface area contributed by atoms with Crippen molar-refractivity contribution in [3.8, 4) is 5.75 Å². The number of aryl methyl sites for hydroxylation is 1. The Morgan fingerprint density at radius 3 is 2.67 bits per heavy atom. The molecule has 3 nitrogen and oxygen atoms in total. The minimum absolute atomic E-state index is 0.345. The molecule has 0 heterocycles. The van der Waals surface area contributed by atoms with Crippen LogP contribution in [-0.4, -0.2) is 24.3 Å². The van der Waals surface area contributed by atoms with Gasteiger partial charge in [0.05, 0.1) is 0 Å². The van der Waals surface area contributed by atoms with Crippen molar-refractivity contribution in [2.45, 2.75) is 25.0 Å². The lowest BCUT2D eigenvalue weighted by Crippen LogP contribution is -2.45. The summed E-state index contributed by atoms with van der Waals surface area (Å²) < 4.78 is 6.21. The van der Waals surface area contributed by atoms with Crippen LogP contribution in [0, 0.1) is 6.92 Å². The lowest BCUT2D eigenvalue weighted by Gasteiger charge is -2.31. The maximum absolute atomic E-state index is 11.0. The average molecular weight is 283 g/mol. The topological polar surface area (TPSA) is 41.5 Å². The predicted octanol–water partition coefficient (Wildman–Crippen LogP) is 2.62. The van der Waals surface area contributed by atoms with Crippen LogP contribution in [0.25, 0.3) is 0 Å². The smallest absolute Gasteiger partial charge is 0.154 e. The molecule has 2 aromatic carbocycles. The number of hydrogen-bond donors (Lipinski definition) is 2. The molecule has 0 radical (unpaired) electrons. The van der Waals surface area contributed by atoms with E-state index in [1.54, 1.807) is 0 Å². The van der Waals surface area contributed by atoms with Crippen LogP contribution in [0.15, 0.2) is 48.5 Å². The van der Waals surface area contributed by atoms with Crippen LogP contribution < -0.4 is 10.1 Å². The van der Waals surface area contributed by atoms with Gasteiger partial charge in [-0.15, -0.1) is 0 Å². The van der Waals surface area contributed by atoms with Gasteiger partial charge in [-0.1, -0.05) is 42.5 Å². The molecule has 1 aliphatic carbocycles. The molecule has 2 N–H and O–H groups in total. The summed E-state index contributed by atoms with van der Waals surface area (Å²) in [5.74, 6) is 0.828. The Morgan fingerprint density at radius 2 is 1.90 bits per heavy atom. The lowest BCUT2D eigenvalue weighted by atomic mass is 9.97. The second kappa shape index (κ2) is 5.51.